The molecule has 0 aromatic heterocycles. The lowest BCUT2D eigenvalue weighted by Gasteiger charge is -2.13. The summed E-state index contributed by atoms with van der Waals surface area (Å²) in [6.07, 6.45) is 2.13. The number of anilines is 2. The first-order chi connectivity index (χ1) is 31.4. The molecule has 10 nitrogen and oxygen atoms in total. The molecule has 0 heterocycles. The SMILES string of the molecule is Cc1cc(CCNC(=O)Cc2cc(Br)c(C)c(Br)c2)ccc1N.Cc1ccc(S(=O)(=O)Cl)cc1.Cc1ccc(S(=O)(=O)Nc2ccc(CCNC(=O)Cc3cc(Br)c(C)c(Br)c3)cc2C)cc1. The third-order valence-corrected chi connectivity index (χ3v) is 16.4. The second kappa shape index (κ2) is 25.5. The Morgan fingerprint density at radius 2 is 0.910 bits per heavy atom. The number of nitrogen functional groups attached to an aromatic ring is 1. The third-order valence-electron chi connectivity index (χ3n) is 10.4. The highest BCUT2D eigenvalue weighted by molar-refractivity contribution is 9.11. The molecule has 2 amide bonds. The number of benzene rings is 6. The van der Waals surface area contributed by atoms with E-state index in [1.807, 2.05) is 90.1 Å². The molecule has 0 radical (unpaired) electrons. The highest BCUT2D eigenvalue weighted by Crippen LogP contribution is 2.28. The van der Waals surface area contributed by atoms with Gasteiger partial charge in [-0.05, 0) is 160 Å². The lowest BCUT2D eigenvalue weighted by atomic mass is 10.1. The molecule has 0 fully saturated rings. The first-order valence-electron chi connectivity index (χ1n) is 20.9. The van der Waals surface area contributed by atoms with E-state index >= 15 is 0 Å². The van der Waals surface area contributed by atoms with Gasteiger partial charge in [0.05, 0.1) is 28.3 Å². The Hall–Kier alpha value is -4.03. The van der Waals surface area contributed by atoms with Gasteiger partial charge < -0.3 is 16.4 Å². The summed E-state index contributed by atoms with van der Waals surface area (Å²) in [4.78, 5) is 24.8. The second-order valence-corrected chi connectivity index (χ2v) is 23.6. The Morgan fingerprint density at radius 1 is 0.522 bits per heavy atom. The van der Waals surface area contributed by atoms with Crippen molar-refractivity contribution in [2.75, 3.05) is 23.5 Å². The zero-order valence-corrected chi connectivity index (χ0v) is 46.6. The number of nitrogens with one attached hydrogen (secondary N) is 3. The van der Waals surface area contributed by atoms with Gasteiger partial charge in [-0.15, -0.1) is 0 Å². The largest absolute Gasteiger partial charge is 0.399 e. The van der Waals surface area contributed by atoms with E-state index in [-0.39, 0.29) is 21.6 Å². The molecule has 6 aromatic rings. The van der Waals surface area contributed by atoms with Crippen LogP contribution in [-0.4, -0.2) is 41.7 Å². The van der Waals surface area contributed by atoms with Crippen LogP contribution in [0.2, 0.25) is 0 Å². The van der Waals surface area contributed by atoms with Gasteiger partial charge in [0, 0.05) is 47.4 Å². The summed E-state index contributed by atoms with van der Waals surface area (Å²) in [5.74, 6) is -0.0170. The smallest absolute Gasteiger partial charge is 0.261 e. The zero-order chi connectivity index (χ0) is 49.6. The van der Waals surface area contributed by atoms with E-state index in [1.165, 1.54) is 17.7 Å². The molecule has 0 bridgehead atoms. The Bertz CT molecular complexity index is 2890. The van der Waals surface area contributed by atoms with Gasteiger partial charge >= 0.3 is 0 Å². The fraction of sp³-hybridized carbons (Fsp3) is 0.240. The molecule has 0 atom stereocenters. The number of rotatable bonds is 14. The quantitative estimate of drug-likeness (QED) is 0.0623. The fourth-order valence-corrected chi connectivity index (χ4v) is 10.8. The molecule has 0 saturated carbocycles. The zero-order valence-electron chi connectivity index (χ0n) is 37.9. The number of hydrogen-bond donors (Lipinski definition) is 4. The van der Waals surface area contributed by atoms with Crippen LogP contribution in [0, 0.1) is 41.5 Å². The molecular formula is C50H53Br4ClN4O6S2. The average molecular weight is 1230 g/mol. The van der Waals surface area contributed by atoms with Crippen molar-refractivity contribution < 1.29 is 26.4 Å². The Morgan fingerprint density at radius 3 is 1.30 bits per heavy atom. The maximum absolute atomic E-state index is 12.6. The molecule has 0 saturated heterocycles. The second-order valence-electron chi connectivity index (χ2n) is 15.9. The van der Waals surface area contributed by atoms with Crippen molar-refractivity contribution in [3.63, 3.8) is 0 Å². The van der Waals surface area contributed by atoms with Gasteiger partial charge in [0.1, 0.15) is 0 Å². The van der Waals surface area contributed by atoms with Gasteiger partial charge in [0.2, 0.25) is 11.8 Å². The molecule has 6 rings (SSSR count). The molecule has 0 aliphatic heterocycles. The van der Waals surface area contributed by atoms with Crippen molar-refractivity contribution in [3.8, 4) is 0 Å². The van der Waals surface area contributed by atoms with Crippen LogP contribution in [0.25, 0.3) is 0 Å². The van der Waals surface area contributed by atoms with Crippen LogP contribution in [0.5, 0.6) is 0 Å². The molecule has 0 unspecified atom stereocenters. The van der Waals surface area contributed by atoms with Crippen LogP contribution in [0.15, 0.2) is 137 Å². The van der Waals surface area contributed by atoms with Crippen molar-refractivity contribution in [1.29, 1.82) is 0 Å². The topological polar surface area (TPSA) is 165 Å². The van der Waals surface area contributed by atoms with Crippen molar-refractivity contribution in [3.05, 3.63) is 183 Å². The Labute approximate surface area is 433 Å². The van der Waals surface area contributed by atoms with E-state index in [1.54, 1.807) is 42.5 Å². The minimum atomic E-state index is -3.65. The molecule has 17 heteroatoms. The van der Waals surface area contributed by atoms with Gasteiger partial charge in [-0.2, -0.15) is 0 Å². The van der Waals surface area contributed by atoms with Crippen LogP contribution in [0.4, 0.5) is 11.4 Å². The average Bonchev–Trinajstić information content (AvgIpc) is 3.24. The number of hydrogen-bond acceptors (Lipinski definition) is 7. The van der Waals surface area contributed by atoms with Gasteiger partial charge in [-0.3, -0.25) is 14.3 Å². The first kappa shape index (κ1) is 55.6. The molecule has 0 aliphatic rings. The van der Waals surface area contributed by atoms with Crippen molar-refractivity contribution in [2.24, 2.45) is 0 Å². The van der Waals surface area contributed by atoms with E-state index in [2.05, 4.69) is 85.1 Å². The van der Waals surface area contributed by atoms with E-state index < -0.39 is 19.1 Å². The number of sulfonamides is 1. The minimum Gasteiger partial charge on any atom is -0.399 e. The lowest BCUT2D eigenvalue weighted by Crippen LogP contribution is -2.27. The summed E-state index contributed by atoms with van der Waals surface area (Å²) in [6.45, 7) is 12.8. The van der Waals surface area contributed by atoms with Crippen molar-refractivity contribution in [2.45, 2.75) is 77.0 Å². The van der Waals surface area contributed by atoms with E-state index in [0.29, 0.717) is 38.0 Å². The molecule has 0 spiro atoms. The van der Waals surface area contributed by atoms with E-state index in [0.717, 1.165) is 80.1 Å². The fourth-order valence-electron chi connectivity index (χ4n) is 6.30. The molecule has 356 valence electrons. The Balaban J connectivity index is 0.000000248. The minimum absolute atomic E-state index is 0.0276. The highest BCUT2D eigenvalue weighted by Gasteiger charge is 2.16. The number of carbonyl (C=O) groups excluding carboxylic acids is 2. The van der Waals surface area contributed by atoms with Crippen molar-refractivity contribution in [1.82, 2.24) is 10.6 Å². The summed E-state index contributed by atoms with van der Waals surface area (Å²) in [5.41, 5.74) is 17.4. The maximum Gasteiger partial charge on any atom is 0.261 e. The standard InChI is InChI=1S/C25H26Br2N2O3S.C18H20Br2N2O.C7H7ClO2S/c1-16-4-7-21(8-5-16)33(31,32)29-24-9-6-19(12-17(24)2)10-11-28-25(30)15-20-13-22(26)18(3)23(27)14-20;1-11-7-13(3-4-17(11)21)5-6-22-18(23)10-14-8-15(19)12(2)16(20)9-14;1-6-2-4-7(5-3-6)11(8,9)10/h4-9,12-14,29H,10-11,15H2,1-3H3,(H,28,30);3-4,7-9H,5-6,10,21H2,1-2H3,(H,22,23);2-5H,1H3. The normalized spacial score (nSPS) is 11.1. The van der Waals surface area contributed by atoms with Gasteiger partial charge in [0.15, 0.2) is 0 Å². The molecule has 6 aromatic carbocycles. The number of carbonyl (C=O) groups is 2. The summed E-state index contributed by atoms with van der Waals surface area (Å²) in [6, 6.07) is 32.6. The van der Waals surface area contributed by atoms with Crippen LogP contribution in [0.3, 0.4) is 0 Å². The van der Waals surface area contributed by atoms with Crippen LogP contribution >= 0.6 is 74.4 Å². The summed E-state index contributed by atoms with van der Waals surface area (Å²) >= 11 is 14.0. The van der Waals surface area contributed by atoms with Crippen LogP contribution in [0.1, 0.15) is 55.6 Å². The predicted molar refractivity (Wildman–Crippen MR) is 287 cm³/mol. The van der Waals surface area contributed by atoms with Gasteiger partial charge in [-0.1, -0.05) is 123 Å². The predicted octanol–water partition coefficient (Wildman–Crippen LogP) is 12.1. The summed E-state index contributed by atoms with van der Waals surface area (Å²) < 4.78 is 53.3. The monoisotopic (exact) mass is 1220 g/mol. The number of amides is 2. The maximum atomic E-state index is 12.6. The van der Waals surface area contributed by atoms with E-state index in [9.17, 15) is 26.4 Å². The lowest BCUT2D eigenvalue weighted by molar-refractivity contribution is -0.121. The number of aryl methyl sites for hydroxylation is 4. The van der Waals surface area contributed by atoms with E-state index in [4.69, 9.17) is 16.4 Å². The molecule has 5 N–H and O–H groups in total. The Kier molecular flexibility index (Phi) is 21.2. The number of halogens is 5. The van der Waals surface area contributed by atoms with Crippen LogP contribution in [-0.2, 0) is 54.3 Å². The summed E-state index contributed by atoms with van der Waals surface area (Å²) in [5, 5.41) is 5.92. The number of nitrogens with two attached hydrogens (primary N) is 1. The highest BCUT2D eigenvalue weighted by atomic mass is 79.9. The van der Waals surface area contributed by atoms with Gasteiger partial charge in [0.25, 0.3) is 19.1 Å². The van der Waals surface area contributed by atoms with Gasteiger partial charge in [-0.25, -0.2) is 16.8 Å². The third kappa shape index (κ3) is 18.1. The van der Waals surface area contributed by atoms with Crippen LogP contribution < -0.4 is 21.1 Å². The van der Waals surface area contributed by atoms with Crippen molar-refractivity contribution >= 4 is 117 Å². The summed E-state index contributed by atoms with van der Waals surface area (Å²) in [7, 11) is -2.11. The first-order valence-corrected chi connectivity index (χ1v) is 27.9. The molecular weight excluding hydrogens is 1170 g/mol. The molecule has 0 aliphatic carbocycles. The molecule has 67 heavy (non-hydrogen) atoms.